The summed E-state index contributed by atoms with van der Waals surface area (Å²) in [4.78, 5) is 18.3. The zero-order chi connectivity index (χ0) is 13.1. The van der Waals surface area contributed by atoms with Gasteiger partial charge >= 0.3 is 5.97 Å². The Kier molecular flexibility index (Phi) is 4.01. The molecule has 2 heterocycles. The van der Waals surface area contributed by atoms with Crippen molar-refractivity contribution in [3.05, 3.63) is 18.2 Å². The summed E-state index contributed by atoms with van der Waals surface area (Å²) in [6.07, 6.45) is 3.82. The first-order chi connectivity index (χ1) is 8.65. The SMILES string of the molecule is CCn1ccnc1CN1CC(C)C(C(=O)OC)C1. The van der Waals surface area contributed by atoms with Gasteiger partial charge in [-0.1, -0.05) is 6.92 Å². The lowest BCUT2D eigenvalue weighted by Crippen LogP contribution is -2.25. The van der Waals surface area contributed by atoms with Crippen molar-refractivity contribution in [3.63, 3.8) is 0 Å². The topological polar surface area (TPSA) is 47.4 Å². The lowest BCUT2D eigenvalue weighted by atomic mass is 9.99. The number of aryl methyl sites for hydroxylation is 1. The summed E-state index contributed by atoms with van der Waals surface area (Å²) >= 11 is 0. The van der Waals surface area contributed by atoms with Crippen molar-refractivity contribution in [1.29, 1.82) is 0 Å². The van der Waals surface area contributed by atoms with Crippen molar-refractivity contribution in [1.82, 2.24) is 14.5 Å². The zero-order valence-electron chi connectivity index (χ0n) is 11.3. The van der Waals surface area contributed by atoms with E-state index in [-0.39, 0.29) is 11.9 Å². The smallest absolute Gasteiger partial charge is 0.310 e. The van der Waals surface area contributed by atoms with Gasteiger partial charge in [0.2, 0.25) is 0 Å². The highest BCUT2D eigenvalue weighted by atomic mass is 16.5. The van der Waals surface area contributed by atoms with Crippen LogP contribution in [0.1, 0.15) is 19.7 Å². The molecule has 0 N–H and O–H groups in total. The molecule has 5 heteroatoms. The molecule has 0 amide bonds. The van der Waals surface area contributed by atoms with Crippen molar-refractivity contribution in [2.24, 2.45) is 11.8 Å². The van der Waals surface area contributed by atoms with Gasteiger partial charge in [0.1, 0.15) is 5.82 Å². The summed E-state index contributed by atoms with van der Waals surface area (Å²) in [5, 5.41) is 0. The number of rotatable bonds is 4. The van der Waals surface area contributed by atoms with Crippen LogP contribution in [0.4, 0.5) is 0 Å². The van der Waals surface area contributed by atoms with Crippen LogP contribution in [-0.2, 0) is 22.6 Å². The van der Waals surface area contributed by atoms with Crippen LogP contribution in [0.3, 0.4) is 0 Å². The molecule has 1 fully saturated rings. The van der Waals surface area contributed by atoms with Crippen LogP contribution in [0.5, 0.6) is 0 Å². The molecular weight excluding hydrogens is 230 g/mol. The Morgan fingerprint density at radius 1 is 1.56 bits per heavy atom. The first-order valence-electron chi connectivity index (χ1n) is 6.45. The van der Waals surface area contributed by atoms with Crippen molar-refractivity contribution in [3.8, 4) is 0 Å². The van der Waals surface area contributed by atoms with Gasteiger partial charge in [-0.3, -0.25) is 9.69 Å². The predicted octanol–water partition coefficient (Wildman–Crippen LogP) is 1.14. The molecule has 2 atom stereocenters. The van der Waals surface area contributed by atoms with Gasteiger partial charge in [0.05, 0.1) is 19.6 Å². The van der Waals surface area contributed by atoms with Crippen LogP contribution >= 0.6 is 0 Å². The van der Waals surface area contributed by atoms with Gasteiger partial charge in [-0.05, 0) is 12.8 Å². The molecule has 2 rings (SSSR count). The van der Waals surface area contributed by atoms with E-state index in [1.807, 2.05) is 12.4 Å². The molecular formula is C13H21N3O2. The molecule has 1 aliphatic heterocycles. The maximum Gasteiger partial charge on any atom is 0.310 e. The van der Waals surface area contributed by atoms with E-state index in [9.17, 15) is 4.79 Å². The summed E-state index contributed by atoms with van der Waals surface area (Å²) in [5.74, 6) is 1.32. The number of imidazole rings is 1. The number of ether oxygens (including phenoxy) is 1. The second-order valence-corrected chi connectivity index (χ2v) is 4.93. The first kappa shape index (κ1) is 13.1. The van der Waals surface area contributed by atoms with Gasteiger partial charge < -0.3 is 9.30 Å². The third-order valence-corrected chi connectivity index (χ3v) is 3.70. The molecule has 1 aromatic heterocycles. The van der Waals surface area contributed by atoms with Gasteiger partial charge in [0, 0.05) is 32.0 Å². The molecule has 0 bridgehead atoms. The molecule has 1 saturated heterocycles. The molecule has 0 spiro atoms. The molecule has 0 aliphatic carbocycles. The van der Waals surface area contributed by atoms with Crippen LogP contribution in [0, 0.1) is 11.8 Å². The molecule has 1 aliphatic rings. The summed E-state index contributed by atoms with van der Waals surface area (Å²) in [5.41, 5.74) is 0. The fraction of sp³-hybridized carbons (Fsp3) is 0.692. The van der Waals surface area contributed by atoms with E-state index in [1.165, 1.54) is 7.11 Å². The number of aromatic nitrogens is 2. The Morgan fingerprint density at radius 2 is 2.33 bits per heavy atom. The van der Waals surface area contributed by atoms with Crippen LogP contribution in [0.25, 0.3) is 0 Å². The number of likely N-dealkylation sites (tertiary alicyclic amines) is 1. The van der Waals surface area contributed by atoms with Crippen molar-refractivity contribution >= 4 is 5.97 Å². The number of esters is 1. The molecule has 2 unspecified atom stereocenters. The van der Waals surface area contributed by atoms with E-state index in [4.69, 9.17) is 4.74 Å². The van der Waals surface area contributed by atoms with E-state index in [1.54, 1.807) is 0 Å². The second-order valence-electron chi connectivity index (χ2n) is 4.93. The maximum atomic E-state index is 11.6. The average molecular weight is 251 g/mol. The average Bonchev–Trinajstić information content (AvgIpc) is 2.95. The van der Waals surface area contributed by atoms with Gasteiger partial charge in [-0.25, -0.2) is 4.98 Å². The molecule has 0 saturated carbocycles. The molecule has 100 valence electrons. The Bertz CT molecular complexity index is 416. The van der Waals surface area contributed by atoms with E-state index in [0.29, 0.717) is 5.92 Å². The maximum absolute atomic E-state index is 11.6. The normalized spacial score (nSPS) is 24.4. The number of hydrogen-bond acceptors (Lipinski definition) is 4. The Balaban J connectivity index is 1.98. The van der Waals surface area contributed by atoms with Gasteiger partial charge in [0.15, 0.2) is 0 Å². The predicted molar refractivity (Wildman–Crippen MR) is 67.8 cm³/mol. The quantitative estimate of drug-likeness (QED) is 0.753. The fourth-order valence-corrected chi connectivity index (χ4v) is 2.63. The highest BCUT2D eigenvalue weighted by molar-refractivity contribution is 5.73. The van der Waals surface area contributed by atoms with E-state index < -0.39 is 0 Å². The summed E-state index contributed by atoms with van der Waals surface area (Å²) in [6.45, 7) is 7.64. The number of carbonyl (C=O) groups excluding carboxylic acids is 1. The third kappa shape index (κ3) is 2.56. The Morgan fingerprint density at radius 3 is 3.00 bits per heavy atom. The van der Waals surface area contributed by atoms with Crippen LogP contribution in [-0.4, -0.2) is 40.6 Å². The minimum atomic E-state index is -0.0937. The van der Waals surface area contributed by atoms with E-state index in [2.05, 4.69) is 28.3 Å². The standard InChI is InChI=1S/C13H21N3O2/c1-4-16-6-5-14-12(16)9-15-7-10(2)11(8-15)13(17)18-3/h5-6,10-11H,4,7-9H2,1-3H3. The first-order valence-corrected chi connectivity index (χ1v) is 6.45. The Labute approximate surface area is 108 Å². The number of hydrogen-bond donors (Lipinski definition) is 0. The van der Waals surface area contributed by atoms with Gasteiger partial charge in [-0.2, -0.15) is 0 Å². The van der Waals surface area contributed by atoms with E-state index in [0.717, 1.165) is 32.0 Å². The van der Waals surface area contributed by atoms with Crippen molar-refractivity contribution < 1.29 is 9.53 Å². The summed E-state index contributed by atoms with van der Waals surface area (Å²) in [7, 11) is 1.46. The van der Waals surface area contributed by atoms with Crippen LogP contribution < -0.4 is 0 Å². The number of nitrogens with zero attached hydrogens (tertiary/aromatic N) is 3. The van der Waals surface area contributed by atoms with Crippen molar-refractivity contribution in [2.45, 2.75) is 26.9 Å². The molecule has 1 aromatic rings. The molecule has 0 aromatic carbocycles. The monoisotopic (exact) mass is 251 g/mol. The lowest BCUT2D eigenvalue weighted by molar-refractivity contribution is -0.146. The molecule has 18 heavy (non-hydrogen) atoms. The van der Waals surface area contributed by atoms with E-state index >= 15 is 0 Å². The molecule has 0 radical (unpaired) electrons. The minimum Gasteiger partial charge on any atom is -0.469 e. The second kappa shape index (κ2) is 5.52. The number of methoxy groups -OCH3 is 1. The molecule has 5 nitrogen and oxygen atoms in total. The largest absolute Gasteiger partial charge is 0.469 e. The summed E-state index contributed by atoms with van der Waals surface area (Å²) in [6, 6.07) is 0. The Hall–Kier alpha value is -1.36. The van der Waals surface area contributed by atoms with Gasteiger partial charge in [-0.15, -0.1) is 0 Å². The van der Waals surface area contributed by atoms with Crippen LogP contribution in [0.15, 0.2) is 12.4 Å². The minimum absolute atomic E-state index is 0.0000359. The number of carbonyl (C=O) groups is 1. The highest BCUT2D eigenvalue weighted by Crippen LogP contribution is 2.25. The van der Waals surface area contributed by atoms with Crippen molar-refractivity contribution in [2.75, 3.05) is 20.2 Å². The lowest BCUT2D eigenvalue weighted by Gasteiger charge is -2.15. The highest BCUT2D eigenvalue weighted by Gasteiger charge is 2.35. The summed E-state index contributed by atoms with van der Waals surface area (Å²) < 4.78 is 6.98. The third-order valence-electron chi connectivity index (χ3n) is 3.70. The fourth-order valence-electron chi connectivity index (χ4n) is 2.63. The zero-order valence-corrected chi connectivity index (χ0v) is 11.3. The van der Waals surface area contributed by atoms with Gasteiger partial charge in [0.25, 0.3) is 0 Å². The van der Waals surface area contributed by atoms with Crippen LogP contribution in [0.2, 0.25) is 0 Å².